The number of carbonyl (C=O) groups excluding carboxylic acids is 1. The predicted octanol–water partition coefficient (Wildman–Crippen LogP) is 3.60. The summed E-state index contributed by atoms with van der Waals surface area (Å²) in [5.74, 6) is -1.76. The molecule has 0 aliphatic heterocycles. The van der Waals surface area contributed by atoms with E-state index in [0.29, 0.717) is 10.0 Å². The summed E-state index contributed by atoms with van der Waals surface area (Å²) in [7, 11) is 0. The van der Waals surface area contributed by atoms with Crippen LogP contribution in [0.25, 0.3) is 0 Å². The van der Waals surface area contributed by atoms with Crippen molar-refractivity contribution < 1.29 is 19.0 Å². The maximum atomic E-state index is 13.2. The molecule has 0 radical (unpaired) electrons. The van der Waals surface area contributed by atoms with Crippen molar-refractivity contribution in [1.29, 1.82) is 0 Å². The zero-order valence-electron chi connectivity index (χ0n) is 11.4. The molecule has 0 aromatic heterocycles. The molecule has 3 nitrogen and oxygen atoms in total. The molecule has 0 aliphatic carbocycles. The third-order valence-electron chi connectivity index (χ3n) is 2.53. The Morgan fingerprint density at radius 2 is 2.00 bits per heavy atom. The molecule has 0 bridgehead atoms. The molecule has 1 aromatic carbocycles. The third kappa shape index (κ3) is 4.58. The van der Waals surface area contributed by atoms with E-state index in [1.165, 1.54) is 18.2 Å². The van der Waals surface area contributed by atoms with Crippen LogP contribution in [0.1, 0.15) is 39.4 Å². The number of benzene rings is 1. The predicted molar refractivity (Wildman–Crippen MR) is 74.1 cm³/mol. The molecule has 1 aromatic rings. The fourth-order valence-electron chi connectivity index (χ4n) is 1.53. The zero-order chi connectivity index (χ0) is 14.8. The first-order valence-electron chi connectivity index (χ1n) is 5.97. The van der Waals surface area contributed by atoms with Gasteiger partial charge in [-0.2, -0.15) is 0 Å². The van der Waals surface area contributed by atoms with Crippen molar-refractivity contribution >= 4 is 21.9 Å². The van der Waals surface area contributed by atoms with E-state index in [2.05, 4.69) is 15.9 Å². The molecular weight excluding hydrogens is 315 g/mol. The van der Waals surface area contributed by atoms with E-state index in [-0.39, 0.29) is 0 Å². The molecule has 2 unspecified atom stereocenters. The quantitative estimate of drug-likeness (QED) is 0.860. The summed E-state index contributed by atoms with van der Waals surface area (Å²) < 4.78 is 19.0. The highest BCUT2D eigenvalue weighted by Crippen LogP contribution is 2.30. The molecule has 106 valence electrons. The second-order valence-electron chi connectivity index (χ2n) is 5.43. The van der Waals surface area contributed by atoms with Gasteiger partial charge in [0.05, 0.1) is 12.0 Å². The number of rotatable bonds is 3. The molecule has 19 heavy (non-hydrogen) atoms. The van der Waals surface area contributed by atoms with Crippen LogP contribution < -0.4 is 0 Å². The standard InChI is InChI=1S/C14H18BrFO3/c1-8(13(18)19-14(2,3)4)12(17)10-7-9(16)5-6-11(10)15/h5-8,12,17H,1-4H3. The van der Waals surface area contributed by atoms with Crippen LogP contribution in [-0.4, -0.2) is 16.7 Å². The van der Waals surface area contributed by atoms with Crippen LogP contribution in [0.5, 0.6) is 0 Å². The highest BCUT2D eigenvalue weighted by atomic mass is 79.9. The number of halogens is 2. The van der Waals surface area contributed by atoms with Gasteiger partial charge in [-0.15, -0.1) is 0 Å². The van der Waals surface area contributed by atoms with Gasteiger partial charge in [0.2, 0.25) is 0 Å². The van der Waals surface area contributed by atoms with Crippen LogP contribution in [-0.2, 0) is 9.53 Å². The summed E-state index contributed by atoms with van der Waals surface area (Å²) in [6.07, 6.45) is -1.13. The number of aliphatic hydroxyl groups excluding tert-OH is 1. The first kappa shape index (κ1) is 16.1. The molecule has 1 N–H and O–H groups in total. The lowest BCUT2D eigenvalue weighted by molar-refractivity contribution is -0.163. The Morgan fingerprint density at radius 3 is 2.53 bits per heavy atom. The molecule has 0 heterocycles. The zero-order valence-corrected chi connectivity index (χ0v) is 13.0. The molecule has 0 saturated heterocycles. The minimum atomic E-state index is -1.13. The molecular formula is C14H18BrFO3. The summed E-state index contributed by atoms with van der Waals surface area (Å²) >= 11 is 3.23. The van der Waals surface area contributed by atoms with Crippen LogP contribution in [0.4, 0.5) is 4.39 Å². The molecule has 0 aliphatic rings. The van der Waals surface area contributed by atoms with E-state index >= 15 is 0 Å². The van der Waals surface area contributed by atoms with Crippen LogP contribution in [0.15, 0.2) is 22.7 Å². The van der Waals surface area contributed by atoms with Gasteiger partial charge < -0.3 is 9.84 Å². The minimum Gasteiger partial charge on any atom is -0.460 e. The lowest BCUT2D eigenvalue weighted by Crippen LogP contribution is -2.30. The van der Waals surface area contributed by atoms with Crippen molar-refractivity contribution in [2.75, 3.05) is 0 Å². The van der Waals surface area contributed by atoms with E-state index in [9.17, 15) is 14.3 Å². The number of carbonyl (C=O) groups is 1. The third-order valence-corrected chi connectivity index (χ3v) is 3.25. The summed E-state index contributed by atoms with van der Waals surface area (Å²) in [5.41, 5.74) is -0.289. The fraction of sp³-hybridized carbons (Fsp3) is 0.500. The molecule has 5 heteroatoms. The monoisotopic (exact) mass is 332 g/mol. The van der Waals surface area contributed by atoms with Crippen LogP contribution >= 0.6 is 15.9 Å². The Labute approximate surface area is 120 Å². The van der Waals surface area contributed by atoms with Crippen LogP contribution in [0.2, 0.25) is 0 Å². The molecule has 0 spiro atoms. The lowest BCUT2D eigenvalue weighted by atomic mass is 9.97. The summed E-state index contributed by atoms with van der Waals surface area (Å²) in [6, 6.07) is 3.98. The Bertz CT molecular complexity index is 468. The summed E-state index contributed by atoms with van der Waals surface area (Å²) in [5, 5.41) is 10.2. The number of hydrogen-bond donors (Lipinski definition) is 1. The van der Waals surface area contributed by atoms with E-state index in [0.717, 1.165) is 0 Å². The number of aliphatic hydroxyl groups is 1. The van der Waals surface area contributed by atoms with Gasteiger partial charge in [-0.1, -0.05) is 15.9 Å². The van der Waals surface area contributed by atoms with E-state index in [1.54, 1.807) is 27.7 Å². The van der Waals surface area contributed by atoms with E-state index in [4.69, 9.17) is 4.74 Å². The largest absolute Gasteiger partial charge is 0.460 e. The smallest absolute Gasteiger partial charge is 0.312 e. The minimum absolute atomic E-state index is 0.332. The summed E-state index contributed by atoms with van der Waals surface area (Å²) in [4.78, 5) is 11.9. The van der Waals surface area contributed by atoms with E-state index < -0.39 is 29.4 Å². The lowest BCUT2D eigenvalue weighted by Gasteiger charge is -2.25. The van der Waals surface area contributed by atoms with Crippen molar-refractivity contribution in [3.8, 4) is 0 Å². The maximum Gasteiger partial charge on any atom is 0.312 e. The van der Waals surface area contributed by atoms with Gasteiger partial charge >= 0.3 is 5.97 Å². The number of hydrogen-bond acceptors (Lipinski definition) is 3. The van der Waals surface area contributed by atoms with Gasteiger partial charge in [0, 0.05) is 4.47 Å². The molecule has 0 fully saturated rings. The SMILES string of the molecule is CC(C(=O)OC(C)(C)C)C(O)c1cc(F)ccc1Br. The van der Waals surface area contributed by atoms with Gasteiger partial charge in [-0.25, -0.2) is 4.39 Å². The van der Waals surface area contributed by atoms with Crippen molar-refractivity contribution in [3.63, 3.8) is 0 Å². The molecule has 1 rings (SSSR count). The van der Waals surface area contributed by atoms with Gasteiger partial charge in [-0.05, 0) is 51.5 Å². The first-order valence-corrected chi connectivity index (χ1v) is 6.77. The Morgan fingerprint density at radius 1 is 1.42 bits per heavy atom. The highest BCUT2D eigenvalue weighted by molar-refractivity contribution is 9.10. The maximum absolute atomic E-state index is 13.2. The Hall–Kier alpha value is -0.940. The van der Waals surface area contributed by atoms with E-state index in [1.807, 2.05) is 0 Å². The Balaban J connectivity index is 2.90. The van der Waals surface area contributed by atoms with Gasteiger partial charge in [0.15, 0.2) is 0 Å². The Kier molecular flexibility index (Phi) is 5.10. The first-order chi connectivity index (χ1) is 8.61. The number of esters is 1. The second-order valence-corrected chi connectivity index (χ2v) is 6.29. The second kappa shape index (κ2) is 6.01. The average molecular weight is 333 g/mol. The summed E-state index contributed by atoms with van der Waals surface area (Å²) in [6.45, 7) is 6.81. The molecule has 2 atom stereocenters. The average Bonchev–Trinajstić information content (AvgIpc) is 2.28. The number of ether oxygens (including phenoxy) is 1. The van der Waals surface area contributed by atoms with Crippen molar-refractivity contribution in [2.45, 2.75) is 39.4 Å². The van der Waals surface area contributed by atoms with Crippen molar-refractivity contribution in [3.05, 3.63) is 34.1 Å². The molecule has 0 saturated carbocycles. The highest BCUT2D eigenvalue weighted by Gasteiger charge is 2.29. The van der Waals surface area contributed by atoms with Crippen molar-refractivity contribution in [1.82, 2.24) is 0 Å². The topological polar surface area (TPSA) is 46.5 Å². The van der Waals surface area contributed by atoms with Gasteiger partial charge in [-0.3, -0.25) is 4.79 Å². The normalized spacial score (nSPS) is 14.9. The molecule has 0 amide bonds. The van der Waals surface area contributed by atoms with Gasteiger partial charge in [0.25, 0.3) is 0 Å². The van der Waals surface area contributed by atoms with Crippen LogP contribution in [0, 0.1) is 11.7 Å². The van der Waals surface area contributed by atoms with Crippen molar-refractivity contribution in [2.24, 2.45) is 5.92 Å². The van der Waals surface area contributed by atoms with Crippen LogP contribution in [0.3, 0.4) is 0 Å². The fourth-order valence-corrected chi connectivity index (χ4v) is 2.02. The van der Waals surface area contributed by atoms with Gasteiger partial charge in [0.1, 0.15) is 11.4 Å².